The van der Waals surface area contributed by atoms with Crippen LogP contribution in [0.4, 0.5) is 0 Å². The molecule has 7 heteroatoms. The Kier molecular flexibility index (Phi) is 5.17. The Morgan fingerprint density at radius 1 is 1.14 bits per heavy atom. The number of carbonyl (C=O) groups is 3. The molecule has 0 unspecified atom stereocenters. The molecule has 0 aromatic carbocycles. The molecule has 0 spiro atoms. The first kappa shape index (κ1) is 15.8. The minimum absolute atomic E-state index is 0.0228. The zero-order valence-electron chi connectivity index (χ0n) is 12.0. The SMILES string of the molecule is O=C(NCCCO)C1CCN(C(=O)[C@@H]2C[C@@H]2C(=O)O)CC1. The molecule has 0 radical (unpaired) electrons. The van der Waals surface area contributed by atoms with E-state index in [0.29, 0.717) is 45.3 Å². The maximum Gasteiger partial charge on any atom is 0.307 e. The molecule has 0 aromatic heterocycles. The maximum atomic E-state index is 12.1. The predicted molar refractivity (Wildman–Crippen MR) is 73.2 cm³/mol. The monoisotopic (exact) mass is 298 g/mol. The van der Waals surface area contributed by atoms with Crippen molar-refractivity contribution >= 4 is 17.8 Å². The Morgan fingerprint density at radius 3 is 2.33 bits per heavy atom. The van der Waals surface area contributed by atoms with E-state index in [1.54, 1.807) is 4.90 Å². The molecular formula is C14H22N2O5. The topological polar surface area (TPSA) is 107 Å². The fourth-order valence-electron chi connectivity index (χ4n) is 2.77. The highest BCUT2D eigenvalue weighted by Gasteiger charge is 2.50. The fraction of sp³-hybridized carbons (Fsp3) is 0.786. The number of hydrogen-bond acceptors (Lipinski definition) is 4. The number of carboxylic acids is 1. The van der Waals surface area contributed by atoms with Crippen LogP contribution in [-0.2, 0) is 14.4 Å². The summed E-state index contributed by atoms with van der Waals surface area (Å²) < 4.78 is 0. The van der Waals surface area contributed by atoms with E-state index in [0.717, 1.165) is 0 Å². The molecule has 1 aliphatic heterocycles. The minimum Gasteiger partial charge on any atom is -0.481 e. The van der Waals surface area contributed by atoms with Crippen LogP contribution in [0.1, 0.15) is 25.7 Å². The number of aliphatic hydroxyl groups excluding tert-OH is 1. The average molecular weight is 298 g/mol. The fourth-order valence-corrected chi connectivity index (χ4v) is 2.77. The van der Waals surface area contributed by atoms with Crippen LogP contribution >= 0.6 is 0 Å². The van der Waals surface area contributed by atoms with E-state index < -0.39 is 11.9 Å². The molecule has 118 valence electrons. The third kappa shape index (κ3) is 3.93. The molecule has 7 nitrogen and oxygen atoms in total. The molecule has 0 aromatic rings. The van der Waals surface area contributed by atoms with Gasteiger partial charge in [-0.05, 0) is 25.7 Å². The molecule has 2 fully saturated rings. The Bertz CT molecular complexity index is 418. The van der Waals surface area contributed by atoms with Gasteiger partial charge in [-0.2, -0.15) is 0 Å². The van der Waals surface area contributed by atoms with Crippen molar-refractivity contribution in [2.75, 3.05) is 26.2 Å². The van der Waals surface area contributed by atoms with Gasteiger partial charge in [0.25, 0.3) is 0 Å². The van der Waals surface area contributed by atoms with Gasteiger partial charge in [0.1, 0.15) is 0 Å². The molecule has 2 amide bonds. The Hall–Kier alpha value is -1.63. The second-order valence-electron chi connectivity index (χ2n) is 5.75. The average Bonchev–Trinajstić information content (AvgIpc) is 3.27. The van der Waals surface area contributed by atoms with Crippen LogP contribution in [0.3, 0.4) is 0 Å². The van der Waals surface area contributed by atoms with Gasteiger partial charge in [-0.1, -0.05) is 0 Å². The molecule has 1 saturated heterocycles. The highest BCUT2D eigenvalue weighted by molar-refractivity contribution is 5.89. The van der Waals surface area contributed by atoms with Crippen molar-refractivity contribution in [3.8, 4) is 0 Å². The van der Waals surface area contributed by atoms with Gasteiger partial charge in [0.2, 0.25) is 11.8 Å². The van der Waals surface area contributed by atoms with Gasteiger partial charge in [-0.25, -0.2) is 0 Å². The number of piperidine rings is 1. The van der Waals surface area contributed by atoms with Gasteiger partial charge in [0.05, 0.1) is 11.8 Å². The molecule has 21 heavy (non-hydrogen) atoms. The van der Waals surface area contributed by atoms with Crippen molar-refractivity contribution in [3.05, 3.63) is 0 Å². The minimum atomic E-state index is -0.897. The lowest BCUT2D eigenvalue weighted by atomic mass is 9.95. The predicted octanol–water partition coefficient (Wildman–Crippen LogP) is -0.556. The van der Waals surface area contributed by atoms with E-state index >= 15 is 0 Å². The molecule has 2 aliphatic rings. The van der Waals surface area contributed by atoms with Crippen LogP contribution in [0.5, 0.6) is 0 Å². The summed E-state index contributed by atoms with van der Waals surface area (Å²) in [5, 5.41) is 20.3. The zero-order chi connectivity index (χ0) is 15.4. The normalized spacial score (nSPS) is 25.5. The largest absolute Gasteiger partial charge is 0.481 e. The van der Waals surface area contributed by atoms with Crippen molar-refractivity contribution in [2.24, 2.45) is 17.8 Å². The summed E-state index contributed by atoms with van der Waals surface area (Å²) in [6.07, 6.45) is 2.21. The van der Waals surface area contributed by atoms with E-state index in [1.165, 1.54) is 0 Å². The lowest BCUT2D eigenvalue weighted by Crippen LogP contribution is -2.44. The number of hydrogen-bond donors (Lipinski definition) is 3. The van der Waals surface area contributed by atoms with Crippen LogP contribution < -0.4 is 5.32 Å². The smallest absolute Gasteiger partial charge is 0.307 e. The third-order valence-corrected chi connectivity index (χ3v) is 4.24. The summed E-state index contributed by atoms with van der Waals surface area (Å²) in [6, 6.07) is 0. The van der Waals surface area contributed by atoms with Crippen LogP contribution in [0.25, 0.3) is 0 Å². The number of rotatable bonds is 6. The molecule has 1 aliphatic carbocycles. The third-order valence-electron chi connectivity index (χ3n) is 4.24. The number of carbonyl (C=O) groups excluding carboxylic acids is 2. The first-order valence-electron chi connectivity index (χ1n) is 7.44. The molecular weight excluding hydrogens is 276 g/mol. The second-order valence-corrected chi connectivity index (χ2v) is 5.75. The van der Waals surface area contributed by atoms with Crippen molar-refractivity contribution in [2.45, 2.75) is 25.7 Å². The zero-order valence-corrected chi connectivity index (χ0v) is 12.0. The van der Waals surface area contributed by atoms with Crippen molar-refractivity contribution in [3.63, 3.8) is 0 Å². The number of aliphatic carboxylic acids is 1. The van der Waals surface area contributed by atoms with Crippen LogP contribution in [0.2, 0.25) is 0 Å². The summed E-state index contributed by atoms with van der Waals surface area (Å²) in [5.41, 5.74) is 0. The second kappa shape index (κ2) is 6.89. The van der Waals surface area contributed by atoms with Gasteiger partial charge in [0, 0.05) is 32.2 Å². The Labute approximate surface area is 123 Å². The lowest BCUT2D eigenvalue weighted by molar-refractivity contribution is -0.142. The van der Waals surface area contributed by atoms with Gasteiger partial charge >= 0.3 is 5.97 Å². The first-order valence-corrected chi connectivity index (χ1v) is 7.44. The van der Waals surface area contributed by atoms with Gasteiger partial charge in [-0.3, -0.25) is 14.4 Å². The van der Waals surface area contributed by atoms with Gasteiger partial charge in [-0.15, -0.1) is 0 Å². The summed E-state index contributed by atoms with van der Waals surface area (Å²) in [7, 11) is 0. The van der Waals surface area contributed by atoms with E-state index in [9.17, 15) is 14.4 Å². The number of likely N-dealkylation sites (tertiary alicyclic amines) is 1. The van der Waals surface area contributed by atoms with E-state index in [-0.39, 0.29) is 30.3 Å². The van der Waals surface area contributed by atoms with Crippen LogP contribution in [0, 0.1) is 17.8 Å². The quantitative estimate of drug-likeness (QED) is 0.570. The van der Waals surface area contributed by atoms with E-state index in [4.69, 9.17) is 10.2 Å². The first-order chi connectivity index (χ1) is 10.0. The lowest BCUT2D eigenvalue weighted by Gasteiger charge is -2.31. The Balaban J connectivity index is 1.72. The van der Waals surface area contributed by atoms with Crippen molar-refractivity contribution < 1.29 is 24.6 Å². The van der Waals surface area contributed by atoms with Gasteiger partial charge < -0.3 is 20.4 Å². The highest BCUT2D eigenvalue weighted by Crippen LogP contribution is 2.40. The number of carboxylic acid groups (broad SMARTS) is 1. The molecule has 2 rings (SSSR count). The standard InChI is InChI=1S/C14H22N2O5/c17-7-1-4-15-12(18)9-2-5-16(6-3-9)13(19)10-8-11(10)14(20)21/h9-11,17H,1-8H2,(H,15,18)(H,20,21)/t10-,11+/m1/s1. The molecule has 2 atom stereocenters. The number of nitrogens with zero attached hydrogens (tertiary/aromatic N) is 1. The number of amides is 2. The summed E-state index contributed by atoms with van der Waals surface area (Å²) in [5.74, 6) is -1.98. The van der Waals surface area contributed by atoms with Crippen LogP contribution in [-0.4, -0.2) is 59.1 Å². The Morgan fingerprint density at radius 2 is 1.81 bits per heavy atom. The van der Waals surface area contributed by atoms with Crippen LogP contribution in [0.15, 0.2) is 0 Å². The summed E-state index contributed by atoms with van der Waals surface area (Å²) >= 11 is 0. The van der Waals surface area contributed by atoms with Gasteiger partial charge in [0.15, 0.2) is 0 Å². The molecule has 1 heterocycles. The number of nitrogens with one attached hydrogen (secondary N) is 1. The molecule has 0 bridgehead atoms. The molecule has 3 N–H and O–H groups in total. The highest BCUT2D eigenvalue weighted by atomic mass is 16.4. The number of aliphatic hydroxyl groups is 1. The maximum absolute atomic E-state index is 12.1. The van der Waals surface area contributed by atoms with E-state index in [1.807, 2.05) is 0 Å². The van der Waals surface area contributed by atoms with Crippen molar-refractivity contribution in [1.82, 2.24) is 10.2 Å². The molecule has 1 saturated carbocycles. The van der Waals surface area contributed by atoms with E-state index in [2.05, 4.69) is 5.32 Å². The summed E-state index contributed by atoms with van der Waals surface area (Å²) in [4.78, 5) is 36.4. The summed E-state index contributed by atoms with van der Waals surface area (Å²) in [6.45, 7) is 1.55. The van der Waals surface area contributed by atoms with Crippen molar-refractivity contribution in [1.29, 1.82) is 0 Å².